The van der Waals surface area contributed by atoms with E-state index in [0.29, 0.717) is 16.6 Å². The minimum atomic E-state index is -0.365. The maximum Gasteiger partial charge on any atom is 0.275 e. The summed E-state index contributed by atoms with van der Waals surface area (Å²) < 4.78 is 1.82. The lowest BCUT2D eigenvalue weighted by Gasteiger charge is -2.07. The van der Waals surface area contributed by atoms with Crippen molar-refractivity contribution < 1.29 is 4.92 Å². The van der Waals surface area contributed by atoms with Crippen LogP contribution in [0.3, 0.4) is 0 Å². The Hall–Kier alpha value is -1.15. The van der Waals surface area contributed by atoms with Crippen LogP contribution in [0.5, 0.6) is 0 Å². The van der Waals surface area contributed by atoms with Gasteiger partial charge in [0.2, 0.25) is 0 Å². The van der Waals surface area contributed by atoms with Crippen molar-refractivity contribution in [2.45, 2.75) is 6.54 Å². The molecule has 0 aliphatic carbocycles. The molecule has 0 aliphatic rings. The quantitative estimate of drug-likeness (QED) is 0.437. The molecule has 4 nitrogen and oxygen atoms in total. The lowest BCUT2D eigenvalue weighted by Crippen LogP contribution is -2.03. The lowest BCUT2D eigenvalue weighted by molar-refractivity contribution is -0.385. The Morgan fingerprint density at radius 3 is 2.74 bits per heavy atom. The summed E-state index contributed by atoms with van der Waals surface area (Å²) in [5.74, 6) is 0. The van der Waals surface area contributed by atoms with Crippen molar-refractivity contribution in [3.8, 4) is 0 Å². The summed E-state index contributed by atoms with van der Waals surface area (Å²) in [6.07, 6.45) is 0. The normalized spacial score (nSPS) is 10.2. The fourth-order valence-corrected chi connectivity index (χ4v) is 2.54. The van der Waals surface area contributed by atoms with Gasteiger partial charge in [-0.1, -0.05) is 22.0 Å². The number of anilines is 1. The van der Waals surface area contributed by atoms with Crippen molar-refractivity contribution in [3.63, 3.8) is 0 Å². The molecule has 0 atom stereocenters. The Balaban J connectivity index is 2.17. The van der Waals surface area contributed by atoms with Crippen molar-refractivity contribution in [3.05, 3.63) is 66.2 Å². The number of nitrogens with one attached hydrogen (secondary N) is 1. The second-order valence-electron chi connectivity index (χ2n) is 3.89. The highest BCUT2D eigenvalue weighted by atomic mass is 127. The van der Waals surface area contributed by atoms with E-state index in [2.05, 4.69) is 43.8 Å². The summed E-state index contributed by atoms with van der Waals surface area (Å²) in [5, 5.41) is 14.2. The van der Waals surface area contributed by atoms with Gasteiger partial charge in [-0.25, -0.2) is 0 Å². The molecule has 0 saturated heterocycles. The third kappa shape index (κ3) is 3.90. The molecule has 0 heterocycles. The Bertz CT molecular complexity index is 619. The molecule has 19 heavy (non-hydrogen) atoms. The molecule has 6 heteroatoms. The monoisotopic (exact) mass is 432 g/mol. The molecule has 0 aliphatic heterocycles. The first-order valence-corrected chi connectivity index (χ1v) is 7.35. The number of nitro groups is 1. The Kier molecular flexibility index (Phi) is 4.76. The molecule has 1 N–H and O–H groups in total. The fourth-order valence-electron chi connectivity index (χ4n) is 1.65. The number of nitro benzene ring substituents is 1. The van der Waals surface area contributed by atoms with Crippen molar-refractivity contribution in [2.75, 3.05) is 5.32 Å². The van der Waals surface area contributed by atoms with Gasteiger partial charge in [0, 0.05) is 31.9 Å². The summed E-state index contributed by atoms with van der Waals surface area (Å²) in [6, 6.07) is 12.9. The van der Waals surface area contributed by atoms with Crippen molar-refractivity contribution in [1.82, 2.24) is 0 Å². The number of benzene rings is 2. The molecule has 0 amide bonds. The highest BCUT2D eigenvalue weighted by Crippen LogP contribution is 2.24. The molecule has 0 radical (unpaired) electrons. The predicted octanol–water partition coefficient (Wildman–Crippen LogP) is 4.57. The van der Waals surface area contributed by atoms with E-state index in [1.54, 1.807) is 12.1 Å². The Morgan fingerprint density at radius 1 is 1.26 bits per heavy atom. The zero-order valence-electron chi connectivity index (χ0n) is 9.77. The zero-order valence-corrected chi connectivity index (χ0v) is 13.5. The molecule has 2 aromatic carbocycles. The van der Waals surface area contributed by atoms with E-state index in [0.717, 1.165) is 9.26 Å². The van der Waals surface area contributed by atoms with Gasteiger partial charge in [0.1, 0.15) is 0 Å². The van der Waals surface area contributed by atoms with Gasteiger partial charge in [-0.3, -0.25) is 10.1 Å². The lowest BCUT2D eigenvalue weighted by atomic mass is 10.2. The minimum absolute atomic E-state index is 0.118. The highest BCUT2D eigenvalue weighted by molar-refractivity contribution is 14.1. The maximum absolute atomic E-state index is 11.0. The summed E-state index contributed by atoms with van der Waals surface area (Å²) in [5.41, 5.74) is 1.73. The highest BCUT2D eigenvalue weighted by Gasteiger charge is 2.13. The largest absolute Gasteiger partial charge is 0.381 e. The molecule has 2 aromatic rings. The van der Waals surface area contributed by atoms with E-state index in [9.17, 15) is 10.1 Å². The number of rotatable bonds is 4. The van der Waals surface area contributed by atoms with Crippen LogP contribution in [0, 0.1) is 13.7 Å². The molecule has 0 unspecified atom stereocenters. The molecule has 2 rings (SSSR count). The second-order valence-corrected chi connectivity index (χ2v) is 6.06. The third-order valence-corrected chi connectivity index (χ3v) is 3.72. The first-order chi connectivity index (χ1) is 9.06. The smallest absolute Gasteiger partial charge is 0.275 e. The zero-order chi connectivity index (χ0) is 13.8. The van der Waals surface area contributed by atoms with Gasteiger partial charge < -0.3 is 5.32 Å². The predicted molar refractivity (Wildman–Crippen MR) is 87.3 cm³/mol. The number of hydrogen-bond acceptors (Lipinski definition) is 3. The van der Waals surface area contributed by atoms with Crippen LogP contribution in [0.1, 0.15) is 5.56 Å². The van der Waals surface area contributed by atoms with E-state index in [-0.39, 0.29) is 10.6 Å². The van der Waals surface area contributed by atoms with Crippen molar-refractivity contribution in [1.29, 1.82) is 0 Å². The van der Waals surface area contributed by atoms with Crippen LogP contribution in [-0.2, 0) is 6.54 Å². The van der Waals surface area contributed by atoms with E-state index in [4.69, 9.17) is 0 Å². The summed E-state index contributed by atoms with van der Waals surface area (Å²) in [6.45, 7) is 0.420. The Morgan fingerprint density at radius 2 is 2.05 bits per heavy atom. The second kappa shape index (κ2) is 6.33. The SMILES string of the molecule is O=[N+]([O-])c1cc(Br)ccc1CNc1cccc(I)c1. The van der Waals surface area contributed by atoms with Crippen molar-refractivity contribution >= 4 is 49.9 Å². The van der Waals surface area contributed by atoms with Gasteiger partial charge >= 0.3 is 0 Å². The van der Waals surface area contributed by atoms with Crippen LogP contribution >= 0.6 is 38.5 Å². The average Bonchev–Trinajstić information content (AvgIpc) is 2.37. The van der Waals surface area contributed by atoms with Gasteiger partial charge in [-0.2, -0.15) is 0 Å². The van der Waals surface area contributed by atoms with Gasteiger partial charge in [0.25, 0.3) is 5.69 Å². The van der Waals surface area contributed by atoms with E-state index < -0.39 is 0 Å². The number of hydrogen-bond donors (Lipinski definition) is 1. The standard InChI is InChI=1S/C13H10BrIN2O2/c14-10-5-4-9(13(6-10)17(18)19)8-16-12-3-1-2-11(15)7-12/h1-7,16H,8H2. The van der Waals surface area contributed by atoms with E-state index in [1.165, 1.54) is 6.07 Å². The molecular weight excluding hydrogens is 423 g/mol. The van der Waals surface area contributed by atoms with E-state index in [1.807, 2.05) is 24.3 Å². The summed E-state index contributed by atoms with van der Waals surface area (Å²) in [7, 11) is 0. The van der Waals surface area contributed by atoms with Crippen LogP contribution in [-0.4, -0.2) is 4.92 Å². The van der Waals surface area contributed by atoms with Gasteiger partial charge in [0.05, 0.1) is 4.92 Å². The van der Waals surface area contributed by atoms with Crippen LogP contribution in [0.15, 0.2) is 46.9 Å². The minimum Gasteiger partial charge on any atom is -0.381 e. The molecule has 0 spiro atoms. The van der Waals surface area contributed by atoms with Gasteiger partial charge in [-0.05, 0) is 52.9 Å². The first-order valence-electron chi connectivity index (χ1n) is 5.48. The third-order valence-electron chi connectivity index (χ3n) is 2.55. The number of nitrogens with zero attached hydrogens (tertiary/aromatic N) is 1. The molecule has 0 aromatic heterocycles. The molecule has 98 valence electrons. The van der Waals surface area contributed by atoms with Crippen LogP contribution in [0.25, 0.3) is 0 Å². The summed E-state index contributed by atoms with van der Waals surface area (Å²) in [4.78, 5) is 10.6. The molecular formula is C13H10BrIN2O2. The number of halogens is 2. The maximum atomic E-state index is 11.0. The average molecular weight is 433 g/mol. The Labute approximate surface area is 132 Å². The topological polar surface area (TPSA) is 55.2 Å². The van der Waals surface area contributed by atoms with Gasteiger partial charge in [-0.15, -0.1) is 0 Å². The molecule has 0 fully saturated rings. The summed E-state index contributed by atoms with van der Waals surface area (Å²) >= 11 is 5.47. The van der Waals surface area contributed by atoms with Gasteiger partial charge in [0.15, 0.2) is 0 Å². The van der Waals surface area contributed by atoms with Crippen LogP contribution in [0.2, 0.25) is 0 Å². The molecule has 0 saturated carbocycles. The molecule has 0 bridgehead atoms. The van der Waals surface area contributed by atoms with Crippen molar-refractivity contribution in [2.24, 2.45) is 0 Å². The first kappa shape index (κ1) is 14.3. The van der Waals surface area contributed by atoms with Crippen LogP contribution < -0.4 is 5.32 Å². The van der Waals surface area contributed by atoms with Crippen LogP contribution in [0.4, 0.5) is 11.4 Å². The van der Waals surface area contributed by atoms with E-state index >= 15 is 0 Å². The fraction of sp³-hybridized carbons (Fsp3) is 0.0769.